The summed E-state index contributed by atoms with van der Waals surface area (Å²) in [6, 6.07) is 0. The van der Waals surface area contributed by atoms with Crippen LogP contribution >= 0.6 is 0 Å². The fraction of sp³-hybridized carbons (Fsp3) is 0. The van der Waals surface area contributed by atoms with Crippen LogP contribution in [0.25, 0.3) is 0 Å². The topological polar surface area (TPSA) is 0 Å². The van der Waals surface area contributed by atoms with E-state index in [2.05, 4.69) is 0 Å². The van der Waals surface area contributed by atoms with Crippen molar-refractivity contribution < 1.29 is 21.7 Å². The molecule has 4 heavy (non-hydrogen) atoms. The molecule has 0 saturated carbocycles. The van der Waals surface area contributed by atoms with Gasteiger partial charge >= 0.3 is 48.9 Å². The maximum absolute atomic E-state index is 0. The van der Waals surface area contributed by atoms with Crippen LogP contribution in [-0.2, 0) is 21.7 Å². The zero-order valence-corrected chi connectivity index (χ0v) is 2.06. The molecule has 0 aromatic rings. The number of hydrogen-bond donors (Lipinski definition) is 0. The van der Waals surface area contributed by atoms with Crippen molar-refractivity contribution in [1.29, 1.82) is 0 Å². The molecule has 0 atom stereocenters. The van der Waals surface area contributed by atoms with Crippen molar-refractivity contribution in [1.82, 2.24) is 0 Å². The van der Waals surface area contributed by atoms with Crippen LogP contribution in [0.5, 0.6) is 0 Å². The molecule has 0 aliphatic carbocycles. The molecule has 0 aliphatic heterocycles. The van der Waals surface area contributed by atoms with E-state index in [-0.39, 0.29) is 98.9 Å². The monoisotopic (exact) mass is 250 g/mol. The van der Waals surface area contributed by atoms with Gasteiger partial charge in [-0.1, -0.05) is 0 Å². The zero-order chi connectivity index (χ0) is 0. The van der Waals surface area contributed by atoms with Gasteiger partial charge < -0.3 is 0 Å². The average Bonchev–Trinajstić information content (AvgIpc) is 0. The van der Waals surface area contributed by atoms with E-state index >= 15 is 0 Å². The second kappa shape index (κ2) is 16.6. The van der Waals surface area contributed by atoms with E-state index in [1.807, 2.05) is 0 Å². The van der Waals surface area contributed by atoms with Crippen molar-refractivity contribution in [3.63, 3.8) is 0 Å². The first-order valence-corrected chi connectivity index (χ1v) is 0. The van der Waals surface area contributed by atoms with Crippen LogP contribution < -0.4 is 0 Å². The molecule has 0 aromatic heterocycles. The summed E-state index contributed by atoms with van der Waals surface area (Å²) in [6.07, 6.45) is 0. The molecule has 0 amide bonds. The van der Waals surface area contributed by atoms with Crippen LogP contribution in [0, 0.1) is 0 Å². The van der Waals surface area contributed by atoms with Gasteiger partial charge in [0.2, 0.25) is 0 Å². The molecule has 0 N–H and O–H groups in total. The quantitative estimate of drug-likeness (QED) is 0.390. The van der Waals surface area contributed by atoms with Crippen molar-refractivity contribution in [2.75, 3.05) is 0 Å². The summed E-state index contributed by atoms with van der Waals surface area (Å²) < 4.78 is 0. The summed E-state index contributed by atoms with van der Waals surface area (Å²) in [5, 5.41) is 0. The van der Waals surface area contributed by atoms with Gasteiger partial charge in [0.1, 0.15) is 0 Å². The van der Waals surface area contributed by atoms with Crippen LogP contribution in [0.4, 0.5) is 0 Å². The fourth-order valence-corrected chi connectivity index (χ4v) is 0. The second-order valence-electron chi connectivity index (χ2n) is 0. The molecule has 0 aliphatic rings. The van der Waals surface area contributed by atoms with Gasteiger partial charge in [-0.3, -0.25) is 0 Å². The van der Waals surface area contributed by atoms with Crippen molar-refractivity contribution in [3.8, 4) is 0 Å². The largest absolute Gasteiger partial charge is 0.0149 e. The maximum Gasteiger partial charge on any atom is 0 e. The third-order valence-electron chi connectivity index (χ3n) is 0. The van der Waals surface area contributed by atoms with Gasteiger partial charge in [0.25, 0.3) is 0 Å². The summed E-state index contributed by atoms with van der Waals surface area (Å²) in [6.45, 7) is 0. The van der Waals surface area contributed by atoms with Gasteiger partial charge in [0, 0.05) is 21.7 Å². The minimum Gasteiger partial charge on any atom is -0.0149 e. The summed E-state index contributed by atoms with van der Waals surface area (Å²) in [4.78, 5) is 0. The molecule has 0 aromatic carbocycles. The predicted molar refractivity (Wildman–Crippen MR) is 29.8 cm³/mol. The molecule has 0 unspecified atom stereocenters. The van der Waals surface area contributed by atoms with Crippen molar-refractivity contribution in [2.45, 2.75) is 0 Å². The van der Waals surface area contributed by atoms with Crippen molar-refractivity contribution in [3.05, 3.63) is 0 Å². The Kier molecular flexibility index (Phi) is 116. The molecular formula is H9AlBaSiTi. The van der Waals surface area contributed by atoms with Crippen LogP contribution in [0.1, 0.15) is 0 Å². The summed E-state index contributed by atoms with van der Waals surface area (Å²) >= 11 is 0. The normalized spacial score (nSPS) is 0. The second-order valence-corrected chi connectivity index (χ2v) is 0. The minimum atomic E-state index is 0. The van der Waals surface area contributed by atoms with E-state index in [4.69, 9.17) is 0 Å². The van der Waals surface area contributed by atoms with Crippen molar-refractivity contribution in [2.24, 2.45) is 0 Å². The molecule has 0 radical (unpaired) electrons. The first-order valence-electron chi connectivity index (χ1n) is 0. The molecule has 0 fully saturated rings. The summed E-state index contributed by atoms with van der Waals surface area (Å²) in [7, 11) is 0. The molecule has 4 heteroatoms. The van der Waals surface area contributed by atoms with Crippen LogP contribution in [0.3, 0.4) is 0 Å². The van der Waals surface area contributed by atoms with Gasteiger partial charge in [0.05, 0.1) is 0 Å². The van der Waals surface area contributed by atoms with E-state index in [9.17, 15) is 0 Å². The third-order valence-corrected chi connectivity index (χ3v) is 0. The Hall–Kier alpha value is 3.04. The Morgan fingerprint density at radius 1 is 1.00 bits per heavy atom. The SMILES string of the molecule is [AlH3].[BaH2].[SiH4].[Ti]. The molecule has 0 saturated heterocycles. The Balaban J connectivity index is 0. The van der Waals surface area contributed by atoms with Gasteiger partial charge in [-0.25, -0.2) is 0 Å². The van der Waals surface area contributed by atoms with Crippen LogP contribution in [0.2, 0.25) is 0 Å². The fourth-order valence-electron chi connectivity index (χ4n) is 0. The van der Waals surface area contributed by atoms with Gasteiger partial charge in [-0.2, -0.15) is 0 Å². The van der Waals surface area contributed by atoms with Gasteiger partial charge in [-0.05, 0) is 11.0 Å². The Morgan fingerprint density at radius 3 is 1.00 bits per heavy atom. The summed E-state index contributed by atoms with van der Waals surface area (Å²) in [5.41, 5.74) is 0. The first-order chi connectivity index (χ1) is 0. The smallest absolute Gasteiger partial charge is 0 e. The molecular weight excluding hydrogens is 240 g/mol. The van der Waals surface area contributed by atoms with E-state index in [1.54, 1.807) is 0 Å². The van der Waals surface area contributed by atoms with Crippen molar-refractivity contribution >= 4 is 77.2 Å². The minimum absolute atomic E-state index is 0. The molecule has 0 heterocycles. The van der Waals surface area contributed by atoms with Crippen LogP contribution in [-0.4, -0.2) is 77.2 Å². The standard InChI is InChI=1S/Al.Ba.H4Si.Ti.5H/h;;1H4;;;;;;. The Morgan fingerprint density at radius 2 is 1.00 bits per heavy atom. The molecule has 0 spiro atoms. The zero-order valence-electron chi connectivity index (χ0n) is 0.500. The van der Waals surface area contributed by atoms with E-state index in [0.717, 1.165) is 0 Å². The predicted octanol–water partition coefficient (Wildman–Crippen LogP) is -3.55. The summed E-state index contributed by atoms with van der Waals surface area (Å²) in [5.74, 6) is 0. The Labute approximate surface area is 96.6 Å². The van der Waals surface area contributed by atoms with E-state index < -0.39 is 0 Å². The van der Waals surface area contributed by atoms with Crippen LogP contribution in [0.15, 0.2) is 0 Å². The molecule has 0 nitrogen and oxygen atoms in total. The molecule has 0 bridgehead atoms. The van der Waals surface area contributed by atoms with E-state index in [1.165, 1.54) is 0 Å². The number of rotatable bonds is 0. The Bertz CT molecular complexity index is 8.00. The third kappa shape index (κ3) is 8.90. The maximum atomic E-state index is 0. The first kappa shape index (κ1) is 27.8. The van der Waals surface area contributed by atoms with E-state index in [0.29, 0.717) is 0 Å². The molecule has 22 valence electrons. The van der Waals surface area contributed by atoms with Gasteiger partial charge in [-0.15, -0.1) is 0 Å². The number of hydrogen-bond acceptors (Lipinski definition) is 0. The van der Waals surface area contributed by atoms with Gasteiger partial charge in [0.15, 0.2) is 17.4 Å². The average molecular weight is 249 g/mol. The molecule has 0 rings (SSSR count).